The van der Waals surface area contributed by atoms with E-state index in [1.807, 2.05) is 17.0 Å². The number of hydrogen-bond donors (Lipinski definition) is 1. The van der Waals surface area contributed by atoms with E-state index in [0.717, 1.165) is 12.2 Å². The van der Waals surface area contributed by atoms with Crippen LogP contribution in [-0.4, -0.2) is 65.5 Å². The van der Waals surface area contributed by atoms with Crippen LogP contribution >= 0.6 is 0 Å². The van der Waals surface area contributed by atoms with Crippen molar-refractivity contribution in [2.45, 2.75) is 25.4 Å². The number of ether oxygens (including phenoxy) is 1. The van der Waals surface area contributed by atoms with Gasteiger partial charge >= 0.3 is 0 Å². The molecule has 5 aromatic rings. The average Bonchev–Trinajstić information content (AvgIpc) is 3.45. The molecule has 8 rings (SSSR count). The number of amides is 1. The lowest BCUT2D eigenvalue weighted by Crippen LogP contribution is -2.70. The molecule has 3 saturated heterocycles. The maximum atomic E-state index is 15.5. The Bertz CT molecular complexity index is 1790. The maximum absolute atomic E-state index is 15.5. The van der Waals surface area contributed by atoms with Crippen LogP contribution in [0.15, 0.2) is 67.9 Å². The molecule has 200 valence electrons. The number of hydrogen-bond acceptors (Lipinski definition) is 9. The van der Waals surface area contributed by atoms with Crippen molar-refractivity contribution >= 4 is 39.9 Å². The number of halogens is 1. The summed E-state index contributed by atoms with van der Waals surface area (Å²) in [6, 6.07) is 10.8. The van der Waals surface area contributed by atoms with Crippen molar-refractivity contribution in [3.8, 4) is 11.5 Å². The number of fused-ring (bicyclic) bond motifs is 4. The highest BCUT2D eigenvalue weighted by Crippen LogP contribution is 2.36. The van der Waals surface area contributed by atoms with Gasteiger partial charge < -0.3 is 19.9 Å². The minimum atomic E-state index is -0.466. The molecule has 3 aliphatic heterocycles. The molecule has 2 atom stereocenters. The predicted octanol–water partition coefficient (Wildman–Crippen LogP) is 4.03. The topological polar surface area (TPSA) is 114 Å². The Labute approximate surface area is 228 Å². The van der Waals surface area contributed by atoms with Gasteiger partial charge in [0.25, 0.3) is 0 Å². The molecule has 2 bridgehead atoms. The standard InChI is InChI=1S/C28H24FN9O2/c1-3-25(39)38-17-10-18(38)13-36(12-17)23-7-5-21-27(35-23)28(32-14-30-21)34-20-4-6-22(16(2)26(20)29)40-19-8-9-37-24(11-19)31-15-33-37/h3-9,11,14-15,17-18H,1,10,12-13H2,2H3,(H,30,32,34)/t17-,18?/m1/s1. The van der Waals surface area contributed by atoms with Gasteiger partial charge in [-0.1, -0.05) is 6.58 Å². The van der Waals surface area contributed by atoms with Gasteiger partial charge in [-0.25, -0.2) is 28.8 Å². The van der Waals surface area contributed by atoms with Gasteiger partial charge in [-0.2, -0.15) is 5.10 Å². The molecule has 1 aromatic carbocycles. The molecule has 4 aromatic heterocycles. The van der Waals surface area contributed by atoms with Crippen LogP contribution in [0.2, 0.25) is 0 Å². The van der Waals surface area contributed by atoms with Crippen LogP contribution in [0.4, 0.5) is 21.7 Å². The lowest BCUT2D eigenvalue weighted by molar-refractivity contribution is -0.140. The van der Waals surface area contributed by atoms with Gasteiger partial charge in [0.05, 0.1) is 23.3 Å². The number of carbonyl (C=O) groups is 1. The number of carbonyl (C=O) groups excluding carboxylic acids is 1. The molecule has 40 heavy (non-hydrogen) atoms. The third kappa shape index (κ3) is 3.96. The Morgan fingerprint density at radius 2 is 1.98 bits per heavy atom. The molecular formula is C28H24FN9O2. The Morgan fingerprint density at radius 3 is 2.80 bits per heavy atom. The van der Waals surface area contributed by atoms with Gasteiger partial charge in [0.15, 0.2) is 17.3 Å². The number of aromatic nitrogens is 6. The lowest BCUT2D eigenvalue weighted by Gasteiger charge is -2.56. The highest BCUT2D eigenvalue weighted by atomic mass is 19.1. The predicted molar refractivity (Wildman–Crippen MR) is 146 cm³/mol. The normalized spacial score (nSPS) is 18.1. The third-order valence-corrected chi connectivity index (χ3v) is 7.48. The lowest BCUT2D eigenvalue weighted by atomic mass is 9.87. The fourth-order valence-corrected chi connectivity index (χ4v) is 5.45. The second-order valence-corrected chi connectivity index (χ2v) is 9.86. The zero-order valence-electron chi connectivity index (χ0n) is 21.5. The van der Waals surface area contributed by atoms with E-state index in [-0.39, 0.29) is 23.7 Å². The van der Waals surface area contributed by atoms with Crippen molar-refractivity contribution in [1.29, 1.82) is 0 Å². The quantitative estimate of drug-likeness (QED) is 0.321. The first-order valence-corrected chi connectivity index (χ1v) is 12.8. The second kappa shape index (κ2) is 9.26. The van der Waals surface area contributed by atoms with Crippen LogP contribution < -0.4 is 15.0 Å². The van der Waals surface area contributed by atoms with E-state index in [2.05, 4.69) is 36.8 Å². The highest BCUT2D eigenvalue weighted by Gasteiger charge is 2.46. The summed E-state index contributed by atoms with van der Waals surface area (Å²) in [5.41, 5.74) is 2.36. The second-order valence-electron chi connectivity index (χ2n) is 9.86. The van der Waals surface area contributed by atoms with Crippen molar-refractivity contribution in [2.75, 3.05) is 23.3 Å². The van der Waals surface area contributed by atoms with Gasteiger partial charge in [0.1, 0.15) is 35.5 Å². The molecule has 7 heterocycles. The zero-order chi connectivity index (χ0) is 27.4. The monoisotopic (exact) mass is 537 g/mol. The summed E-state index contributed by atoms with van der Waals surface area (Å²) in [6.45, 7) is 6.64. The Balaban J connectivity index is 1.14. The first-order chi connectivity index (χ1) is 19.5. The number of piperidine rings is 1. The molecule has 0 aliphatic carbocycles. The van der Waals surface area contributed by atoms with Crippen LogP contribution in [0, 0.1) is 12.7 Å². The Hall–Kier alpha value is -5.13. The largest absolute Gasteiger partial charge is 0.457 e. The van der Waals surface area contributed by atoms with E-state index in [9.17, 15) is 4.79 Å². The summed E-state index contributed by atoms with van der Waals surface area (Å²) in [4.78, 5) is 33.9. The zero-order valence-corrected chi connectivity index (χ0v) is 21.5. The average molecular weight is 538 g/mol. The molecule has 12 heteroatoms. The van der Waals surface area contributed by atoms with Crippen LogP contribution in [0.3, 0.4) is 0 Å². The summed E-state index contributed by atoms with van der Waals surface area (Å²) < 4.78 is 23.1. The van der Waals surface area contributed by atoms with E-state index < -0.39 is 5.82 Å². The minimum absolute atomic E-state index is 0.0302. The van der Waals surface area contributed by atoms with Crippen LogP contribution in [0.25, 0.3) is 16.7 Å². The van der Waals surface area contributed by atoms with Gasteiger partial charge in [0.2, 0.25) is 5.91 Å². The Morgan fingerprint density at radius 1 is 1.12 bits per heavy atom. The fourth-order valence-electron chi connectivity index (χ4n) is 5.45. The molecule has 1 unspecified atom stereocenters. The number of nitrogens with one attached hydrogen (secondary N) is 1. The Kier molecular flexibility index (Phi) is 5.54. The van der Waals surface area contributed by atoms with Crippen molar-refractivity contribution < 1.29 is 13.9 Å². The fraction of sp³-hybridized carbons (Fsp3) is 0.214. The molecule has 1 amide bonds. The summed E-state index contributed by atoms with van der Waals surface area (Å²) in [5.74, 6) is 1.56. The minimum Gasteiger partial charge on any atom is -0.457 e. The van der Waals surface area contributed by atoms with Gasteiger partial charge in [0, 0.05) is 30.9 Å². The molecule has 0 saturated carbocycles. The first kappa shape index (κ1) is 23.9. The first-order valence-electron chi connectivity index (χ1n) is 12.8. The SMILES string of the molecule is C=CC(=O)N1C2C[C@@H]1CN(c1ccc3ncnc(Nc4ccc(Oc5ccn6ncnc6c5)c(C)c4F)c3n1)C2. The molecule has 0 spiro atoms. The van der Waals surface area contributed by atoms with Gasteiger partial charge in [-0.3, -0.25) is 4.79 Å². The molecule has 3 aliphatic rings. The number of piperazine rings is 1. The number of benzene rings is 1. The van der Waals surface area contributed by atoms with Crippen molar-refractivity contribution in [2.24, 2.45) is 0 Å². The number of rotatable bonds is 6. The van der Waals surface area contributed by atoms with Crippen LogP contribution in [0.5, 0.6) is 11.5 Å². The molecule has 3 fully saturated rings. The summed E-state index contributed by atoms with van der Waals surface area (Å²) in [7, 11) is 0. The summed E-state index contributed by atoms with van der Waals surface area (Å²) >= 11 is 0. The van der Waals surface area contributed by atoms with Crippen LogP contribution in [0.1, 0.15) is 12.0 Å². The number of nitrogens with zero attached hydrogens (tertiary/aromatic N) is 8. The van der Waals surface area contributed by atoms with E-state index in [1.165, 1.54) is 18.7 Å². The van der Waals surface area contributed by atoms with E-state index >= 15 is 4.39 Å². The van der Waals surface area contributed by atoms with Gasteiger partial charge in [-0.15, -0.1) is 0 Å². The molecular weight excluding hydrogens is 513 g/mol. The number of pyridine rings is 2. The van der Waals surface area contributed by atoms with Crippen molar-refractivity contribution in [3.63, 3.8) is 0 Å². The molecule has 0 radical (unpaired) electrons. The van der Waals surface area contributed by atoms with E-state index in [0.29, 0.717) is 52.7 Å². The van der Waals surface area contributed by atoms with E-state index in [4.69, 9.17) is 9.72 Å². The third-order valence-electron chi connectivity index (χ3n) is 7.48. The molecule has 1 N–H and O–H groups in total. The maximum Gasteiger partial charge on any atom is 0.246 e. The van der Waals surface area contributed by atoms with E-state index in [1.54, 1.807) is 41.9 Å². The van der Waals surface area contributed by atoms with Gasteiger partial charge in [-0.05, 0) is 49.8 Å². The van der Waals surface area contributed by atoms with Crippen molar-refractivity contribution in [3.05, 3.63) is 79.3 Å². The molecule has 11 nitrogen and oxygen atoms in total. The smallest absolute Gasteiger partial charge is 0.246 e. The van der Waals surface area contributed by atoms with Crippen molar-refractivity contribution in [1.82, 2.24) is 34.4 Å². The van der Waals surface area contributed by atoms with Crippen LogP contribution in [-0.2, 0) is 4.79 Å². The highest BCUT2D eigenvalue weighted by molar-refractivity contribution is 5.89. The number of anilines is 3. The summed E-state index contributed by atoms with van der Waals surface area (Å²) in [5, 5.41) is 7.16. The summed E-state index contributed by atoms with van der Waals surface area (Å²) in [6.07, 6.45) is 6.95.